The van der Waals surface area contributed by atoms with Crippen LogP contribution in [0.1, 0.15) is 19.0 Å². The first-order valence-electron chi connectivity index (χ1n) is 5.40. The Morgan fingerprint density at radius 1 is 1.50 bits per heavy atom. The molecule has 2 heterocycles. The number of nitrogens with zero attached hydrogens (tertiary/aromatic N) is 3. The van der Waals surface area contributed by atoms with E-state index in [0.29, 0.717) is 12.4 Å². The smallest absolute Gasteiger partial charge is 0.233 e. The number of rotatable bonds is 3. The summed E-state index contributed by atoms with van der Waals surface area (Å²) < 4.78 is 4.95. The average Bonchev–Trinajstić information content (AvgIpc) is 2.59. The van der Waals surface area contributed by atoms with E-state index in [9.17, 15) is 5.11 Å². The molecule has 1 fully saturated rings. The highest BCUT2D eigenvalue weighted by atomic mass is 16.5. The molecule has 1 N–H and O–H groups in total. The van der Waals surface area contributed by atoms with E-state index in [1.807, 2.05) is 13.0 Å². The second-order valence-electron chi connectivity index (χ2n) is 4.52. The van der Waals surface area contributed by atoms with E-state index in [0.717, 1.165) is 25.2 Å². The molecule has 5 nitrogen and oxygen atoms in total. The van der Waals surface area contributed by atoms with E-state index in [4.69, 9.17) is 4.74 Å². The van der Waals surface area contributed by atoms with Gasteiger partial charge in [-0.3, -0.25) is 4.90 Å². The Hall–Kier alpha value is -1.20. The van der Waals surface area contributed by atoms with Crippen LogP contribution in [0.3, 0.4) is 0 Å². The fraction of sp³-hybridized carbons (Fsp3) is 0.636. The third kappa shape index (κ3) is 2.68. The number of hydrogen-bond donors (Lipinski definition) is 1. The number of aromatic nitrogens is 2. The van der Waals surface area contributed by atoms with Gasteiger partial charge in [0, 0.05) is 25.7 Å². The van der Waals surface area contributed by atoms with Crippen molar-refractivity contribution in [3.63, 3.8) is 0 Å². The molecule has 0 bridgehead atoms. The predicted octanol–water partition coefficient (Wildman–Crippen LogP) is 0.442. The quantitative estimate of drug-likeness (QED) is 0.806. The highest BCUT2D eigenvalue weighted by Crippen LogP contribution is 2.21. The van der Waals surface area contributed by atoms with E-state index >= 15 is 0 Å². The molecule has 1 aromatic rings. The van der Waals surface area contributed by atoms with Crippen LogP contribution in [0.15, 0.2) is 12.1 Å². The maximum atomic E-state index is 9.83. The monoisotopic (exact) mass is 223 g/mol. The minimum absolute atomic E-state index is 0.525. The number of β-amino-alcohol motifs (C(OH)–C–C–N with tert-alkyl or cyclic N) is 1. The maximum Gasteiger partial charge on any atom is 0.233 e. The molecule has 2 rings (SSSR count). The van der Waals surface area contributed by atoms with Crippen molar-refractivity contribution in [3.8, 4) is 5.88 Å². The molecule has 5 heteroatoms. The van der Waals surface area contributed by atoms with Crippen LogP contribution in [0.4, 0.5) is 0 Å². The number of hydrogen-bond acceptors (Lipinski definition) is 5. The molecule has 0 unspecified atom stereocenters. The van der Waals surface area contributed by atoms with Crippen LogP contribution in [-0.2, 0) is 6.54 Å². The minimum atomic E-state index is -0.556. The molecular formula is C11H17N3O2. The van der Waals surface area contributed by atoms with Gasteiger partial charge in [-0.15, -0.1) is 5.10 Å². The van der Waals surface area contributed by atoms with Gasteiger partial charge in [0.15, 0.2) is 0 Å². The third-order valence-corrected chi connectivity index (χ3v) is 2.82. The number of aliphatic hydroxyl groups is 1. The van der Waals surface area contributed by atoms with Crippen LogP contribution in [0.2, 0.25) is 0 Å². The first kappa shape index (κ1) is 11.3. The van der Waals surface area contributed by atoms with Gasteiger partial charge in [0.05, 0.1) is 18.4 Å². The van der Waals surface area contributed by atoms with Gasteiger partial charge in [-0.05, 0) is 19.4 Å². The van der Waals surface area contributed by atoms with Gasteiger partial charge in [0.1, 0.15) is 0 Å². The summed E-state index contributed by atoms with van der Waals surface area (Å²) in [6, 6.07) is 3.70. The van der Waals surface area contributed by atoms with Crippen molar-refractivity contribution in [2.24, 2.45) is 0 Å². The van der Waals surface area contributed by atoms with Gasteiger partial charge in [-0.1, -0.05) is 0 Å². The van der Waals surface area contributed by atoms with Crippen molar-refractivity contribution in [2.75, 3.05) is 20.2 Å². The molecule has 1 saturated heterocycles. The topological polar surface area (TPSA) is 58.5 Å². The fourth-order valence-electron chi connectivity index (χ4n) is 1.94. The summed E-state index contributed by atoms with van der Waals surface area (Å²) in [5, 5.41) is 17.8. The van der Waals surface area contributed by atoms with Crippen molar-refractivity contribution >= 4 is 0 Å². The van der Waals surface area contributed by atoms with E-state index in [2.05, 4.69) is 15.1 Å². The van der Waals surface area contributed by atoms with E-state index in [1.54, 1.807) is 13.2 Å². The van der Waals surface area contributed by atoms with Crippen molar-refractivity contribution in [3.05, 3.63) is 17.8 Å². The zero-order chi connectivity index (χ0) is 11.6. The Morgan fingerprint density at radius 3 is 2.81 bits per heavy atom. The summed E-state index contributed by atoms with van der Waals surface area (Å²) in [5.74, 6) is 0.525. The van der Waals surface area contributed by atoms with Crippen molar-refractivity contribution in [1.82, 2.24) is 15.1 Å². The van der Waals surface area contributed by atoms with Crippen LogP contribution in [0.25, 0.3) is 0 Å². The van der Waals surface area contributed by atoms with Gasteiger partial charge in [-0.25, -0.2) is 0 Å². The zero-order valence-corrected chi connectivity index (χ0v) is 9.68. The molecule has 1 aliphatic heterocycles. The van der Waals surface area contributed by atoms with Crippen LogP contribution in [-0.4, -0.2) is 46.0 Å². The molecule has 16 heavy (non-hydrogen) atoms. The van der Waals surface area contributed by atoms with Crippen molar-refractivity contribution in [1.29, 1.82) is 0 Å². The van der Waals surface area contributed by atoms with Gasteiger partial charge in [0.25, 0.3) is 0 Å². The number of ether oxygens (including phenoxy) is 1. The molecule has 0 amide bonds. The molecule has 1 aliphatic rings. The van der Waals surface area contributed by atoms with Crippen LogP contribution < -0.4 is 4.74 Å². The third-order valence-electron chi connectivity index (χ3n) is 2.82. The van der Waals surface area contributed by atoms with Crippen molar-refractivity contribution < 1.29 is 9.84 Å². The standard InChI is InChI=1S/C11H17N3O2/c1-11(15)5-6-14(8-11)7-9-3-4-10(16-2)13-12-9/h3-4,15H,5-8H2,1-2H3/t11-/m0/s1. The highest BCUT2D eigenvalue weighted by molar-refractivity contribution is 5.11. The molecule has 0 radical (unpaired) electrons. The SMILES string of the molecule is COc1ccc(CN2CC[C@](C)(O)C2)nn1. The lowest BCUT2D eigenvalue weighted by atomic mass is 10.1. The van der Waals surface area contributed by atoms with Crippen LogP contribution in [0.5, 0.6) is 5.88 Å². The lowest BCUT2D eigenvalue weighted by Crippen LogP contribution is -2.29. The van der Waals surface area contributed by atoms with Crippen LogP contribution in [0, 0.1) is 0 Å². The lowest BCUT2D eigenvalue weighted by Gasteiger charge is -2.18. The fourth-order valence-corrected chi connectivity index (χ4v) is 1.94. The normalized spacial score (nSPS) is 25.9. The summed E-state index contributed by atoms with van der Waals surface area (Å²) in [6.07, 6.45) is 0.816. The van der Waals surface area contributed by atoms with Crippen LogP contribution >= 0.6 is 0 Å². The molecule has 0 saturated carbocycles. The van der Waals surface area contributed by atoms with E-state index in [1.165, 1.54) is 0 Å². The molecule has 0 aromatic carbocycles. The number of likely N-dealkylation sites (tertiary alicyclic amines) is 1. The maximum absolute atomic E-state index is 9.83. The zero-order valence-electron chi connectivity index (χ0n) is 9.68. The van der Waals surface area contributed by atoms with Gasteiger partial charge < -0.3 is 9.84 Å². The Balaban J connectivity index is 1.94. The summed E-state index contributed by atoms with van der Waals surface area (Å²) in [4.78, 5) is 2.18. The van der Waals surface area contributed by atoms with Crippen molar-refractivity contribution in [2.45, 2.75) is 25.5 Å². The Kier molecular flexibility index (Phi) is 3.07. The molecule has 1 aromatic heterocycles. The highest BCUT2D eigenvalue weighted by Gasteiger charge is 2.31. The molecule has 88 valence electrons. The average molecular weight is 223 g/mol. The first-order valence-corrected chi connectivity index (χ1v) is 5.40. The second kappa shape index (κ2) is 4.35. The molecule has 0 spiro atoms. The molecule has 0 aliphatic carbocycles. The Morgan fingerprint density at radius 2 is 2.31 bits per heavy atom. The summed E-state index contributed by atoms with van der Waals surface area (Å²) >= 11 is 0. The first-order chi connectivity index (χ1) is 7.59. The second-order valence-corrected chi connectivity index (χ2v) is 4.52. The largest absolute Gasteiger partial charge is 0.480 e. The minimum Gasteiger partial charge on any atom is -0.480 e. The predicted molar refractivity (Wildman–Crippen MR) is 59.1 cm³/mol. The summed E-state index contributed by atoms with van der Waals surface area (Å²) in [7, 11) is 1.57. The Labute approximate surface area is 95.1 Å². The number of methoxy groups -OCH3 is 1. The van der Waals surface area contributed by atoms with Gasteiger partial charge in [0.2, 0.25) is 5.88 Å². The summed E-state index contributed by atoms with van der Waals surface area (Å²) in [5.41, 5.74) is 0.346. The summed E-state index contributed by atoms with van der Waals surface area (Å²) in [6.45, 7) is 4.20. The van der Waals surface area contributed by atoms with E-state index < -0.39 is 5.60 Å². The van der Waals surface area contributed by atoms with Gasteiger partial charge >= 0.3 is 0 Å². The van der Waals surface area contributed by atoms with Gasteiger partial charge in [-0.2, -0.15) is 5.10 Å². The lowest BCUT2D eigenvalue weighted by molar-refractivity contribution is 0.0677. The Bertz CT molecular complexity index is 351. The molecule has 1 atom stereocenters. The molecular weight excluding hydrogens is 206 g/mol. The van der Waals surface area contributed by atoms with E-state index in [-0.39, 0.29) is 0 Å².